The van der Waals surface area contributed by atoms with Gasteiger partial charge in [-0.15, -0.1) is 0 Å². The molecule has 0 amide bonds. The maximum Gasteiger partial charge on any atom is 0.342 e. The van der Waals surface area contributed by atoms with Crippen molar-refractivity contribution >= 4 is 11.8 Å². The Balaban J connectivity index is 1.91. The fourth-order valence-corrected chi connectivity index (χ4v) is 6.74. The van der Waals surface area contributed by atoms with Gasteiger partial charge in [-0.05, 0) is 60.3 Å². The first-order chi connectivity index (χ1) is 16.2. The summed E-state index contributed by atoms with van der Waals surface area (Å²) in [6.07, 6.45) is 0.879. The van der Waals surface area contributed by atoms with Crippen molar-refractivity contribution in [2.75, 3.05) is 6.61 Å². The predicted molar refractivity (Wildman–Crippen MR) is 130 cm³/mol. The lowest BCUT2D eigenvalue weighted by atomic mass is 9.59. The first-order valence-electron chi connectivity index (χ1n) is 12.2. The van der Waals surface area contributed by atoms with Gasteiger partial charge in [-0.3, -0.25) is 4.79 Å². The number of benzene rings is 1. The van der Waals surface area contributed by atoms with Crippen LogP contribution in [0.3, 0.4) is 0 Å². The smallest absolute Gasteiger partial charge is 0.342 e. The molecule has 0 heterocycles. The van der Waals surface area contributed by atoms with Crippen LogP contribution in [0.2, 0.25) is 0 Å². The molecular weight excluding hydrogens is 448 g/mol. The summed E-state index contributed by atoms with van der Waals surface area (Å²) in [4.78, 5) is 27.6. The summed E-state index contributed by atoms with van der Waals surface area (Å²) >= 11 is 0. The number of Topliss-reactive ketones (excluding diaryl/α,β-unsaturated/α-hetero) is 1. The highest BCUT2D eigenvalue weighted by Gasteiger charge is 2.73. The highest BCUT2D eigenvalue weighted by Crippen LogP contribution is 2.62. The molecular formula is C28H36O7. The van der Waals surface area contributed by atoms with Crippen LogP contribution in [0.1, 0.15) is 57.0 Å². The number of aromatic hydroxyl groups is 1. The van der Waals surface area contributed by atoms with Crippen molar-refractivity contribution in [2.45, 2.75) is 65.8 Å². The number of hydrogen-bond acceptors (Lipinski definition) is 7. The summed E-state index contributed by atoms with van der Waals surface area (Å²) in [6.45, 7) is 10.7. The number of rotatable bonds is 3. The van der Waals surface area contributed by atoms with Gasteiger partial charge < -0.3 is 25.2 Å². The number of esters is 1. The topological polar surface area (TPSA) is 124 Å². The number of aliphatic hydroxyl groups excluding tert-OH is 2. The van der Waals surface area contributed by atoms with Gasteiger partial charge in [0.2, 0.25) is 0 Å². The van der Waals surface area contributed by atoms with E-state index < -0.39 is 47.1 Å². The molecule has 7 atom stereocenters. The summed E-state index contributed by atoms with van der Waals surface area (Å²) in [5.41, 5.74) is -3.24. The van der Waals surface area contributed by atoms with Crippen molar-refractivity contribution in [1.82, 2.24) is 0 Å². The highest BCUT2D eigenvalue weighted by molar-refractivity contribution is 5.97. The molecule has 7 nitrogen and oxygen atoms in total. The lowest BCUT2D eigenvalue weighted by Gasteiger charge is -2.48. The molecule has 3 aliphatic carbocycles. The Hall–Kier alpha value is -2.48. The molecule has 0 aromatic heterocycles. The zero-order chi connectivity index (χ0) is 26.1. The molecule has 1 spiro atoms. The first-order valence-corrected chi connectivity index (χ1v) is 12.2. The molecule has 0 radical (unpaired) electrons. The number of phenols is 1. The van der Waals surface area contributed by atoms with Crippen molar-refractivity contribution in [1.29, 1.82) is 0 Å². The minimum atomic E-state index is -2.23. The maximum absolute atomic E-state index is 14.4. The molecule has 35 heavy (non-hydrogen) atoms. The Kier molecular flexibility index (Phi) is 6.06. The lowest BCUT2D eigenvalue weighted by molar-refractivity contribution is -0.190. The van der Waals surface area contributed by atoms with E-state index in [9.17, 15) is 30.0 Å². The van der Waals surface area contributed by atoms with E-state index in [2.05, 4.69) is 6.92 Å². The zero-order valence-corrected chi connectivity index (χ0v) is 21.2. The Morgan fingerprint density at radius 1 is 1.17 bits per heavy atom. The summed E-state index contributed by atoms with van der Waals surface area (Å²) in [7, 11) is 0. The average Bonchev–Trinajstić information content (AvgIpc) is 2.95. The molecule has 190 valence electrons. The molecule has 1 saturated carbocycles. The molecule has 3 aliphatic rings. The van der Waals surface area contributed by atoms with Crippen LogP contribution in [0.25, 0.3) is 0 Å². The number of hydrogen-bond donors (Lipinski definition) is 4. The number of ketones is 1. The van der Waals surface area contributed by atoms with Crippen molar-refractivity contribution < 1.29 is 34.8 Å². The van der Waals surface area contributed by atoms with Gasteiger partial charge >= 0.3 is 5.97 Å². The van der Waals surface area contributed by atoms with E-state index in [1.807, 2.05) is 20.8 Å². The van der Waals surface area contributed by atoms with Crippen LogP contribution in [0.15, 0.2) is 41.5 Å². The molecule has 2 bridgehead atoms. The number of ether oxygens (including phenoxy) is 1. The normalized spacial score (nSPS) is 38.1. The van der Waals surface area contributed by atoms with Gasteiger partial charge in [0.15, 0.2) is 17.5 Å². The number of aliphatic hydroxyl groups is 3. The van der Waals surface area contributed by atoms with Crippen molar-refractivity contribution in [3.05, 3.63) is 52.6 Å². The number of carbonyl (C=O) groups is 2. The molecule has 1 fully saturated rings. The van der Waals surface area contributed by atoms with E-state index in [0.717, 1.165) is 0 Å². The molecule has 7 heteroatoms. The summed E-state index contributed by atoms with van der Waals surface area (Å²) in [5.74, 6) is -2.32. The third-order valence-corrected chi connectivity index (χ3v) is 9.19. The molecule has 2 unspecified atom stereocenters. The van der Waals surface area contributed by atoms with Crippen LogP contribution in [0, 0.1) is 35.5 Å². The van der Waals surface area contributed by atoms with Crippen molar-refractivity contribution in [3.8, 4) is 5.75 Å². The van der Waals surface area contributed by atoms with Crippen molar-refractivity contribution in [3.63, 3.8) is 0 Å². The Labute approximate surface area is 206 Å². The van der Waals surface area contributed by atoms with Crippen LogP contribution in [-0.4, -0.2) is 56.6 Å². The van der Waals surface area contributed by atoms with E-state index in [0.29, 0.717) is 17.6 Å². The van der Waals surface area contributed by atoms with E-state index in [1.54, 1.807) is 38.1 Å². The maximum atomic E-state index is 14.4. The van der Waals surface area contributed by atoms with Gasteiger partial charge in [-0.25, -0.2) is 4.79 Å². The van der Waals surface area contributed by atoms with Gasteiger partial charge in [-0.1, -0.05) is 52.0 Å². The molecule has 1 aromatic rings. The van der Waals surface area contributed by atoms with Gasteiger partial charge in [-0.2, -0.15) is 0 Å². The van der Waals surface area contributed by atoms with Gasteiger partial charge in [0.05, 0.1) is 12.0 Å². The Morgan fingerprint density at radius 2 is 1.83 bits per heavy atom. The first kappa shape index (κ1) is 25.6. The second-order valence-corrected chi connectivity index (χ2v) is 11.3. The Bertz CT molecular complexity index is 1110. The van der Waals surface area contributed by atoms with Crippen LogP contribution in [0.5, 0.6) is 5.75 Å². The second kappa shape index (κ2) is 8.29. The molecule has 0 saturated heterocycles. The number of aryl methyl sites for hydroxylation is 1. The fraction of sp³-hybridized carbons (Fsp3) is 0.571. The summed E-state index contributed by atoms with van der Waals surface area (Å²) in [6, 6.07) is 4.63. The number of fused-ring (bicyclic) bond motifs is 1. The third-order valence-electron chi connectivity index (χ3n) is 9.19. The monoisotopic (exact) mass is 484 g/mol. The third kappa shape index (κ3) is 3.28. The molecule has 1 aromatic carbocycles. The van der Waals surface area contributed by atoms with Crippen LogP contribution in [0.4, 0.5) is 0 Å². The van der Waals surface area contributed by atoms with E-state index in [-0.39, 0.29) is 34.5 Å². The van der Waals surface area contributed by atoms with Crippen LogP contribution in [-0.2, 0) is 9.53 Å². The van der Waals surface area contributed by atoms with Crippen LogP contribution >= 0.6 is 0 Å². The number of allylic oxidation sites excluding steroid dienone is 1. The minimum Gasteiger partial charge on any atom is -0.507 e. The van der Waals surface area contributed by atoms with Gasteiger partial charge in [0.1, 0.15) is 17.4 Å². The molecule has 4 N–H and O–H groups in total. The fourth-order valence-electron chi connectivity index (χ4n) is 6.74. The molecule has 0 aliphatic heterocycles. The van der Waals surface area contributed by atoms with E-state index in [4.69, 9.17) is 4.74 Å². The SMILES string of the molecule is CC1=CC23C(=O)[C@@H](C=C(CO)[C@@H](O)[C@]2(O)[C@H]1OC(=O)c1c(C)cccc1O)C(C)(C)[C@@H](C)CC3C. The van der Waals surface area contributed by atoms with Crippen LogP contribution < -0.4 is 0 Å². The Morgan fingerprint density at radius 3 is 2.43 bits per heavy atom. The number of carbonyl (C=O) groups excluding carboxylic acids is 2. The van der Waals surface area contributed by atoms with Gasteiger partial charge in [0.25, 0.3) is 0 Å². The average molecular weight is 485 g/mol. The van der Waals surface area contributed by atoms with Crippen molar-refractivity contribution in [2.24, 2.45) is 28.6 Å². The quantitative estimate of drug-likeness (QED) is 0.384. The standard InChI is InChI=1S/C28H36O7/c1-14-8-7-9-20(30)21(14)25(33)35-24-15(2)12-27-17(4)10-16(3)26(5,6)19(23(27)32)11-18(13-29)22(31)28(24,27)34/h7-9,11-12,16-17,19,22,24,29-31,34H,10,13H2,1-6H3/t16-,17?,19+,22+,24-,27?,28-/m0/s1. The highest BCUT2D eigenvalue weighted by atomic mass is 16.6. The van der Waals surface area contributed by atoms with E-state index in [1.165, 1.54) is 6.07 Å². The van der Waals surface area contributed by atoms with E-state index >= 15 is 0 Å². The lowest BCUT2D eigenvalue weighted by Crippen LogP contribution is -2.65. The predicted octanol–water partition coefficient (Wildman–Crippen LogP) is 3.08. The summed E-state index contributed by atoms with van der Waals surface area (Å²) < 4.78 is 5.83. The molecule has 4 rings (SSSR count). The zero-order valence-electron chi connectivity index (χ0n) is 21.2. The minimum absolute atomic E-state index is 0.0428. The number of phenolic OH excluding ortho intramolecular Hbond substituents is 1. The summed E-state index contributed by atoms with van der Waals surface area (Å²) in [5, 5.41) is 44.5. The van der Waals surface area contributed by atoms with Gasteiger partial charge in [0, 0.05) is 5.92 Å². The second-order valence-electron chi connectivity index (χ2n) is 11.3. The largest absolute Gasteiger partial charge is 0.507 e.